The van der Waals surface area contributed by atoms with Gasteiger partial charge in [0, 0.05) is 18.2 Å². The van der Waals surface area contributed by atoms with Crippen molar-refractivity contribution in [3.8, 4) is 0 Å². The fourth-order valence-corrected chi connectivity index (χ4v) is 2.25. The Morgan fingerprint density at radius 2 is 2.00 bits per heavy atom. The van der Waals surface area contributed by atoms with Crippen LogP contribution in [0.25, 0.3) is 0 Å². The fourth-order valence-electron chi connectivity index (χ4n) is 2.25. The summed E-state index contributed by atoms with van der Waals surface area (Å²) in [5.41, 5.74) is 0.0150. The molecule has 2 rings (SSSR count). The Kier molecular flexibility index (Phi) is 4.29. The number of non-ortho nitro benzene ring substituents is 1. The molecule has 1 aliphatic rings. The first-order valence-corrected chi connectivity index (χ1v) is 6.61. The third-order valence-corrected chi connectivity index (χ3v) is 3.68. The van der Waals surface area contributed by atoms with Crippen LogP contribution in [-0.2, 0) is 6.54 Å². The largest absolute Gasteiger partial charge is 0.312 e. The summed E-state index contributed by atoms with van der Waals surface area (Å²) < 4.78 is 0. The Morgan fingerprint density at radius 1 is 1.30 bits per heavy atom. The molecule has 1 N–H and O–H groups in total. The highest BCUT2D eigenvalue weighted by Gasteiger charge is 2.27. The Morgan fingerprint density at radius 3 is 2.55 bits per heavy atom. The van der Waals surface area contributed by atoms with E-state index in [9.17, 15) is 20.2 Å². The van der Waals surface area contributed by atoms with Crippen molar-refractivity contribution in [2.24, 2.45) is 11.8 Å². The van der Waals surface area contributed by atoms with E-state index in [-0.39, 0.29) is 11.4 Å². The average Bonchev–Trinajstić information content (AvgIpc) is 3.22. The number of hydrogen-bond acceptors (Lipinski definition) is 5. The third kappa shape index (κ3) is 3.51. The van der Waals surface area contributed by atoms with E-state index in [1.165, 1.54) is 25.0 Å². The molecule has 1 aromatic rings. The topological polar surface area (TPSA) is 98.3 Å². The van der Waals surface area contributed by atoms with E-state index in [0.29, 0.717) is 18.0 Å². The van der Waals surface area contributed by atoms with Gasteiger partial charge in [0.05, 0.1) is 15.9 Å². The minimum atomic E-state index is -0.626. The maximum Gasteiger partial charge on any atom is 0.280 e. The van der Waals surface area contributed by atoms with Crippen molar-refractivity contribution in [2.45, 2.75) is 26.3 Å². The molecule has 1 saturated carbocycles. The minimum Gasteiger partial charge on any atom is -0.312 e. The summed E-state index contributed by atoms with van der Waals surface area (Å²) in [7, 11) is 0. The van der Waals surface area contributed by atoms with Crippen LogP contribution >= 0.6 is 0 Å². The second-order valence-corrected chi connectivity index (χ2v) is 5.27. The molecule has 0 heterocycles. The van der Waals surface area contributed by atoms with Crippen LogP contribution in [-0.4, -0.2) is 16.4 Å². The Bertz CT molecular complexity index is 528. The van der Waals surface area contributed by atoms with Gasteiger partial charge in [0.2, 0.25) is 0 Å². The maximum atomic E-state index is 11.0. The molecule has 0 aliphatic heterocycles. The lowest BCUT2D eigenvalue weighted by Crippen LogP contribution is -2.22. The van der Waals surface area contributed by atoms with Crippen molar-refractivity contribution in [1.82, 2.24) is 5.32 Å². The first kappa shape index (κ1) is 14.4. The Balaban J connectivity index is 2.02. The minimum absolute atomic E-state index is 0.203. The predicted molar refractivity (Wildman–Crippen MR) is 73.3 cm³/mol. The van der Waals surface area contributed by atoms with Gasteiger partial charge in [-0.25, -0.2) is 0 Å². The summed E-state index contributed by atoms with van der Waals surface area (Å²) >= 11 is 0. The molecule has 0 aromatic heterocycles. The van der Waals surface area contributed by atoms with E-state index in [2.05, 4.69) is 12.2 Å². The summed E-state index contributed by atoms with van der Waals surface area (Å²) in [4.78, 5) is 20.4. The molecule has 7 heteroatoms. The normalized spacial score (nSPS) is 15.8. The number of nitro groups is 2. The number of hydrogen-bond donors (Lipinski definition) is 1. The fraction of sp³-hybridized carbons (Fsp3) is 0.538. The van der Waals surface area contributed by atoms with Crippen molar-refractivity contribution in [3.63, 3.8) is 0 Å². The van der Waals surface area contributed by atoms with Crippen LogP contribution in [0.2, 0.25) is 0 Å². The standard InChI is InChI=1S/C13H17N3O4/c1-9(10-2-3-10)7-14-8-11-4-5-12(15(17)18)6-13(11)16(19)20/h4-6,9-10,14H,2-3,7-8H2,1H3. The Hall–Kier alpha value is -2.02. The van der Waals surface area contributed by atoms with Gasteiger partial charge in [0.25, 0.3) is 11.4 Å². The van der Waals surface area contributed by atoms with E-state index in [1.807, 2.05) is 0 Å². The molecule has 1 aliphatic carbocycles. The van der Waals surface area contributed by atoms with Gasteiger partial charge < -0.3 is 5.32 Å². The molecule has 108 valence electrons. The molecule has 0 radical (unpaired) electrons. The van der Waals surface area contributed by atoms with Crippen LogP contribution in [0.5, 0.6) is 0 Å². The van der Waals surface area contributed by atoms with Crippen LogP contribution < -0.4 is 5.32 Å². The monoisotopic (exact) mass is 279 g/mol. The molecule has 1 fully saturated rings. The molecule has 7 nitrogen and oxygen atoms in total. The third-order valence-electron chi connectivity index (χ3n) is 3.68. The second-order valence-electron chi connectivity index (χ2n) is 5.27. The van der Waals surface area contributed by atoms with Crippen LogP contribution in [0.1, 0.15) is 25.3 Å². The summed E-state index contributed by atoms with van der Waals surface area (Å²) in [5.74, 6) is 1.33. The highest BCUT2D eigenvalue weighted by atomic mass is 16.6. The zero-order valence-corrected chi connectivity index (χ0v) is 11.2. The van der Waals surface area contributed by atoms with Gasteiger partial charge in [-0.2, -0.15) is 0 Å². The molecule has 0 saturated heterocycles. The van der Waals surface area contributed by atoms with Gasteiger partial charge in [0.15, 0.2) is 0 Å². The molecule has 1 atom stereocenters. The molecule has 0 amide bonds. The van der Waals surface area contributed by atoms with Crippen LogP contribution in [0.15, 0.2) is 18.2 Å². The van der Waals surface area contributed by atoms with Gasteiger partial charge in [-0.3, -0.25) is 20.2 Å². The summed E-state index contributed by atoms with van der Waals surface area (Å²) in [6.07, 6.45) is 2.53. The zero-order chi connectivity index (χ0) is 14.7. The second kappa shape index (κ2) is 5.96. The highest BCUT2D eigenvalue weighted by molar-refractivity contribution is 5.49. The molecule has 1 aromatic carbocycles. The first-order valence-electron chi connectivity index (χ1n) is 6.61. The number of rotatable bonds is 7. The van der Waals surface area contributed by atoms with Gasteiger partial charge in [-0.05, 0) is 37.3 Å². The summed E-state index contributed by atoms with van der Waals surface area (Å²) in [5, 5.41) is 24.8. The quantitative estimate of drug-likeness (QED) is 0.611. The average molecular weight is 279 g/mol. The van der Waals surface area contributed by atoms with Crippen LogP contribution in [0, 0.1) is 32.1 Å². The predicted octanol–water partition coefficient (Wildman–Crippen LogP) is 2.64. The lowest BCUT2D eigenvalue weighted by atomic mass is 10.1. The molecular weight excluding hydrogens is 262 g/mol. The van der Waals surface area contributed by atoms with Crippen molar-refractivity contribution in [1.29, 1.82) is 0 Å². The van der Waals surface area contributed by atoms with E-state index < -0.39 is 9.85 Å². The van der Waals surface area contributed by atoms with E-state index in [4.69, 9.17) is 0 Å². The first-order chi connectivity index (χ1) is 9.49. The van der Waals surface area contributed by atoms with E-state index in [1.54, 1.807) is 0 Å². The van der Waals surface area contributed by atoms with E-state index in [0.717, 1.165) is 18.5 Å². The molecule has 20 heavy (non-hydrogen) atoms. The zero-order valence-electron chi connectivity index (χ0n) is 11.2. The van der Waals surface area contributed by atoms with Crippen molar-refractivity contribution < 1.29 is 9.85 Å². The maximum absolute atomic E-state index is 11.0. The van der Waals surface area contributed by atoms with Gasteiger partial charge >= 0.3 is 0 Å². The number of nitrogens with zero attached hydrogens (tertiary/aromatic N) is 2. The lowest BCUT2D eigenvalue weighted by Gasteiger charge is -2.11. The SMILES string of the molecule is CC(CNCc1ccc([N+](=O)[O-])cc1[N+](=O)[O-])C1CC1. The van der Waals surface area contributed by atoms with Crippen molar-refractivity contribution in [3.05, 3.63) is 44.0 Å². The number of nitro benzene ring substituents is 2. The highest BCUT2D eigenvalue weighted by Crippen LogP contribution is 2.36. The smallest absolute Gasteiger partial charge is 0.280 e. The van der Waals surface area contributed by atoms with Crippen LogP contribution in [0.3, 0.4) is 0 Å². The number of benzene rings is 1. The molecule has 0 spiro atoms. The summed E-state index contributed by atoms with van der Waals surface area (Å²) in [6.45, 7) is 3.32. The Labute approximate surface area is 116 Å². The van der Waals surface area contributed by atoms with Crippen molar-refractivity contribution in [2.75, 3.05) is 6.54 Å². The summed E-state index contributed by atoms with van der Waals surface area (Å²) in [6, 6.07) is 3.76. The van der Waals surface area contributed by atoms with Crippen LogP contribution in [0.4, 0.5) is 11.4 Å². The van der Waals surface area contributed by atoms with Gasteiger partial charge in [-0.1, -0.05) is 6.92 Å². The van der Waals surface area contributed by atoms with E-state index >= 15 is 0 Å². The lowest BCUT2D eigenvalue weighted by molar-refractivity contribution is -0.394. The molecule has 0 bridgehead atoms. The number of nitrogens with one attached hydrogen (secondary N) is 1. The van der Waals surface area contributed by atoms with Gasteiger partial charge in [-0.15, -0.1) is 0 Å². The van der Waals surface area contributed by atoms with Crippen molar-refractivity contribution >= 4 is 11.4 Å². The molecular formula is C13H17N3O4. The molecule has 1 unspecified atom stereocenters. The van der Waals surface area contributed by atoms with Gasteiger partial charge in [0.1, 0.15) is 0 Å².